The summed E-state index contributed by atoms with van der Waals surface area (Å²) in [5.41, 5.74) is 10.6. The third-order valence-electron chi connectivity index (χ3n) is 7.86. The number of nitrogens with two attached hydrogens (primary N) is 1. The predicted octanol–water partition coefficient (Wildman–Crippen LogP) is 4.50. The first-order valence-electron chi connectivity index (χ1n) is 12.6. The van der Waals surface area contributed by atoms with Crippen LogP contribution in [0.5, 0.6) is 0 Å². The first-order valence-corrected chi connectivity index (χ1v) is 12.6. The summed E-state index contributed by atoms with van der Waals surface area (Å²) in [4.78, 5) is 19.9. The molecule has 1 amide bonds. The Bertz CT molecular complexity index is 953. The predicted molar refractivity (Wildman–Crippen MR) is 136 cm³/mol. The number of fused-ring (bicyclic) bond motifs is 2. The number of para-hydroxylation sites is 2. The van der Waals surface area contributed by atoms with Crippen molar-refractivity contribution in [3.8, 4) is 0 Å². The third-order valence-corrected chi connectivity index (χ3v) is 7.86. The summed E-state index contributed by atoms with van der Waals surface area (Å²) >= 11 is 0. The Balaban J connectivity index is 1.23. The van der Waals surface area contributed by atoms with Gasteiger partial charge in [0, 0.05) is 31.0 Å². The summed E-state index contributed by atoms with van der Waals surface area (Å²) in [6.45, 7) is 5.96. The Hall–Kier alpha value is -2.63. The van der Waals surface area contributed by atoms with Gasteiger partial charge in [0.05, 0.1) is 0 Å². The van der Waals surface area contributed by atoms with Crippen LogP contribution in [0.2, 0.25) is 0 Å². The molecule has 2 aromatic rings. The van der Waals surface area contributed by atoms with Crippen LogP contribution in [0.25, 0.3) is 12.2 Å². The fourth-order valence-corrected chi connectivity index (χ4v) is 5.94. The molecular formula is C28H36N4O. The highest BCUT2D eigenvalue weighted by Gasteiger charge is 2.44. The van der Waals surface area contributed by atoms with E-state index in [2.05, 4.69) is 75.4 Å². The van der Waals surface area contributed by atoms with Crippen LogP contribution in [-0.4, -0.2) is 60.5 Å². The van der Waals surface area contributed by atoms with Gasteiger partial charge in [0.25, 0.3) is 0 Å². The summed E-state index contributed by atoms with van der Waals surface area (Å²) < 4.78 is 0. The second kappa shape index (κ2) is 9.70. The quantitative estimate of drug-likeness (QED) is 0.713. The van der Waals surface area contributed by atoms with Gasteiger partial charge in [-0.3, -0.25) is 9.69 Å². The lowest BCUT2D eigenvalue weighted by Gasteiger charge is -2.48. The summed E-state index contributed by atoms with van der Waals surface area (Å²) in [7, 11) is 0. The van der Waals surface area contributed by atoms with Crippen LogP contribution in [0.3, 0.4) is 0 Å². The molecule has 5 rings (SSSR count). The van der Waals surface area contributed by atoms with E-state index in [4.69, 9.17) is 5.73 Å². The fourth-order valence-electron chi connectivity index (χ4n) is 5.94. The molecular weight excluding hydrogens is 408 g/mol. The molecule has 5 nitrogen and oxygen atoms in total. The number of hydrogen-bond donors (Lipinski definition) is 1. The molecule has 0 unspecified atom stereocenters. The van der Waals surface area contributed by atoms with Crippen molar-refractivity contribution in [2.45, 2.75) is 44.1 Å². The minimum Gasteiger partial charge on any atom is -0.368 e. The highest BCUT2D eigenvalue weighted by molar-refractivity contribution is 5.88. The minimum absolute atomic E-state index is 0.116. The molecule has 0 saturated carbocycles. The van der Waals surface area contributed by atoms with E-state index < -0.39 is 5.54 Å². The molecule has 2 aromatic carbocycles. The maximum absolute atomic E-state index is 12.5. The van der Waals surface area contributed by atoms with Crippen LogP contribution in [0.1, 0.15) is 49.7 Å². The number of hydrogen-bond acceptors (Lipinski definition) is 4. The highest BCUT2D eigenvalue weighted by atomic mass is 16.1. The molecule has 2 saturated heterocycles. The smallest absolute Gasteiger partial charge is 0.238 e. The SMILES string of the molecule is NC(=O)C1(N2CCCCC2)CCN(CCCN2c3ccccc3C=Cc3ccccc32)CC1. The summed E-state index contributed by atoms with van der Waals surface area (Å²) in [5, 5.41) is 0. The number of primary amides is 1. The average molecular weight is 445 g/mol. The molecule has 3 heterocycles. The van der Waals surface area contributed by atoms with Gasteiger partial charge < -0.3 is 15.5 Å². The molecule has 0 aliphatic carbocycles. The van der Waals surface area contributed by atoms with Gasteiger partial charge in [-0.1, -0.05) is 55.0 Å². The van der Waals surface area contributed by atoms with Crippen LogP contribution in [0.4, 0.5) is 11.4 Å². The summed E-state index contributed by atoms with van der Waals surface area (Å²) in [6, 6.07) is 17.3. The van der Waals surface area contributed by atoms with Crippen molar-refractivity contribution in [2.75, 3.05) is 44.2 Å². The van der Waals surface area contributed by atoms with Gasteiger partial charge in [-0.2, -0.15) is 0 Å². The number of rotatable bonds is 6. The molecule has 0 aromatic heterocycles. The first-order chi connectivity index (χ1) is 16.2. The largest absolute Gasteiger partial charge is 0.368 e. The van der Waals surface area contributed by atoms with E-state index in [9.17, 15) is 4.79 Å². The van der Waals surface area contributed by atoms with Crippen molar-refractivity contribution in [1.29, 1.82) is 0 Å². The van der Waals surface area contributed by atoms with Gasteiger partial charge in [0.15, 0.2) is 0 Å². The van der Waals surface area contributed by atoms with Crippen LogP contribution in [0, 0.1) is 0 Å². The molecule has 0 radical (unpaired) electrons. The lowest BCUT2D eigenvalue weighted by molar-refractivity contribution is -0.134. The standard InChI is InChI=1S/C28H36N4O/c29-27(33)28(31-18-6-1-7-19-31)15-21-30(22-16-28)17-8-20-32-25-11-4-2-9-23(25)13-14-24-10-3-5-12-26(24)32/h2-5,9-14H,1,6-8,15-22H2,(H2,29,33). The van der Waals surface area contributed by atoms with E-state index in [1.54, 1.807) is 0 Å². The molecule has 33 heavy (non-hydrogen) atoms. The molecule has 2 N–H and O–H groups in total. The monoisotopic (exact) mass is 444 g/mol. The van der Waals surface area contributed by atoms with Crippen LogP contribution < -0.4 is 10.6 Å². The zero-order chi connectivity index (χ0) is 22.7. The third kappa shape index (κ3) is 4.44. The summed E-state index contributed by atoms with van der Waals surface area (Å²) in [6.07, 6.45) is 10.9. The maximum Gasteiger partial charge on any atom is 0.238 e. The molecule has 5 heteroatoms. The number of amides is 1. The molecule has 3 aliphatic heterocycles. The number of piperidine rings is 2. The number of benzene rings is 2. The van der Waals surface area contributed by atoms with Crippen molar-refractivity contribution in [2.24, 2.45) is 5.73 Å². The van der Waals surface area contributed by atoms with Crippen molar-refractivity contribution in [3.05, 3.63) is 59.7 Å². The number of anilines is 2. The van der Waals surface area contributed by atoms with Crippen molar-refractivity contribution in [3.63, 3.8) is 0 Å². The highest BCUT2D eigenvalue weighted by Crippen LogP contribution is 2.36. The van der Waals surface area contributed by atoms with Gasteiger partial charge in [0.1, 0.15) is 5.54 Å². The lowest BCUT2D eigenvalue weighted by atomic mass is 9.83. The van der Waals surface area contributed by atoms with Crippen LogP contribution in [-0.2, 0) is 4.79 Å². The fraction of sp³-hybridized carbons (Fsp3) is 0.464. The number of carbonyl (C=O) groups is 1. The maximum atomic E-state index is 12.5. The topological polar surface area (TPSA) is 52.8 Å². The van der Waals surface area contributed by atoms with E-state index in [1.165, 1.54) is 41.8 Å². The van der Waals surface area contributed by atoms with Gasteiger partial charge in [0.2, 0.25) is 5.91 Å². The molecule has 0 atom stereocenters. The van der Waals surface area contributed by atoms with Crippen molar-refractivity contribution in [1.82, 2.24) is 9.80 Å². The first kappa shape index (κ1) is 22.2. The number of nitrogens with zero attached hydrogens (tertiary/aromatic N) is 3. The number of likely N-dealkylation sites (tertiary alicyclic amines) is 2. The molecule has 174 valence electrons. The van der Waals surface area contributed by atoms with Crippen LogP contribution in [0.15, 0.2) is 48.5 Å². The van der Waals surface area contributed by atoms with E-state index in [-0.39, 0.29) is 5.91 Å². The van der Waals surface area contributed by atoms with Crippen LogP contribution >= 0.6 is 0 Å². The van der Waals surface area contributed by atoms with E-state index in [0.29, 0.717) is 0 Å². The van der Waals surface area contributed by atoms with E-state index in [0.717, 1.165) is 58.5 Å². The Morgan fingerprint density at radius 2 is 1.36 bits per heavy atom. The van der Waals surface area contributed by atoms with Gasteiger partial charge >= 0.3 is 0 Å². The minimum atomic E-state index is -0.425. The lowest BCUT2D eigenvalue weighted by Crippen LogP contribution is -2.63. The second-order valence-electron chi connectivity index (χ2n) is 9.74. The van der Waals surface area contributed by atoms with E-state index in [1.807, 2.05) is 0 Å². The van der Waals surface area contributed by atoms with Gasteiger partial charge in [-0.15, -0.1) is 0 Å². The second-order valence-corrected chi connectivity index (χ2v) is 9.74. The molecule has 3 aliphatic rings. The van der Waals surface area contributed by atoms with Gasteiger partial charge in [-0.05, 0) is 75.0 Å². The zero-order valence-corrected chi connectivity index (χ0v) is 19.6. The molecule has 0 spiro atoms. The summed E-state index contributed by atoms with van der Waals surface area (Å²) in [5.74, 6) is -0.116. The Kier molecular flexibility index (Phi) is 6.52. The van der Waals surface area contributed by atoms with E-state index >= 15 is 0 Å². The average Bonchev–Trinajstić information content (AvgIpc) is 3.02. The molecule has 2 fully saturated rings. The van der Waals surface area contributed by atoms with Crippen molar-refractivity contribution < 1.29 is 4.79 Å². The Morgan fingerprint density at radius 1 is 0.788 bits per heavy atom. The zero-order valence-electron chi connectivity index (χ0n) is 19.6. The number of carbonyl (C=O) groups excluding carboxylic acids is 1. The molecule has 0 bridgehead atoms. The van der Waals surface area contributed by atoms with Crippen molar-refractivity contribution >= 4 is 29.4 Å². The Morgan fingerprint density at radius 3 is 1.94 bits per heavy atom. The normalized spacial score (nSPS) is 20.7. The van der Waals surface area contributed by atoms with Gasteiger partial charge in [-0.25, -0.2) is 0 Å². The Labute approximate surface area is 197 Å².